The van der Waals surface area contributed by atoms with Crippen molar-refractivity contribution in [3.8, 4) is 0 Å². The van der Waals surface area contributed by atoms with Crippen LogP contribution in [0.2, 0.25) is 5.02 Å². The number of nitro groups is 1. The first kappa shape index (κ1) is 15.9. The molecule has 0 radical (unpaired) electrons. The molecule has 0 atom stereocenters. The molecule has 0 heterocycles. The van der Waals surface area contributed by atoms with E-state index in [1.807, 2.05) is 0 Å². The monoisotopic (exact) mass is 432 g/mol. The lowest BCUT2D eigenvalue weighted by atomic mass is 10.2. The van der Waals surface area contributed by atoms with Crippen LogP contribution in [0.25, 0.3) is 0 Å². The van der Waals surface area contributed by atoms with Gasteiger partial charge >= 0.3 is 0 Å². The summed E-state index contributed by atoms with van der Waals surface area (Å²) in [6, 6.07) is 9.08. The topological polar surface area (TPSA) is 72.2 Å². The van der Waals surface area contributed by atoms with Crippen molar-refractivity contribution in [3.05, 3.63) is 66.0 Å². The van der Waals surface area contributed by atoms with E-state index >= 15 is 0 Å². The van der Waals surface area contributed by atoms with Crippen LogP contribution < -0.4 is 5.32 Å². The molecule has 0 aliphatic rings. The first-order chi connectivity index (χ1) is 9.88. The highest BCUT2D eigenvalue weighted by Crippen LogP contribution is 2.29. The van der Waals surface area contributed by atoms with Gasteiger partial charge in [0.1, 0.15) is 5.69 Å². The number of nitro benzene ring substituents is 1. The maximum atomic E-state index is 12.2. The molecule has 2 aromatic carbocycles. The highest BCUT2D eigenvalue weighted by atomic mass is 79.9. The average Bonchev–Trinajstić information content (AvgIpc) is 2.40. The molecule has 0 spiro atoms. The summed E-state index contributed by atoms with van der Waals surface area (Å²) in [5, 5.41) is 13.7. The van der Waals surface area contributed by atoms with Crippen LogP contribution in [0.5, 0.6) is 0 Å². The maximum absolute atomic E-state index is 12.2. The predicted octanol–water partition coefficient (Wildman–Crippen LogP) is 5.03. The minimum atomic E-state index is -0.599. The average molecular weight is 434 g/mol. The van der Waals surface area contributed by atoms with Gasteiger partial charge in [0.05, 0.1) is 10.5 Å². The fraction of sp³-hybridized carbons (Fsp3) is 0. The second kappa shape index (κ2) is 6.55. The van der Waals surface area contributed by atoms with E-state index in [-0.39, 0.29) is 16.4 Å². The van der Waals surface area contributed by atoms with E-state index in [4.69, 9.17) is 11.6 Å². The summed E-state index contributed by atoms with van der Waals surface area (Å²) in [4.78, 5) is 22.6. The van der Waals surface area contributed by atoms with Gasteiger partial charge in [-0.1, -0.05) is 27.5 Å². The Morgan fingerprint density at radius 2 is 1.90 bits per heavy atom. The second-order valence-corrected chi connectivity index (χ2v) is 6.20. The third-order valence-corrected chi connectivity index (χ3v) is 3.96. The van der Waals surface area contributed by atoms with Crippen LogP contribution in [-0.2, 0) is 0 Å². The molecule has 108 valence electrons. The number of halogens is 3. The number of amides is 1. The van der Waals surface area contributed by atoms with Crippen molar-refractivity contribution in [3.63, 3.8) is 0 Å². The third kappa shape index (κ3) is 3.81. The Labute approximate surface area is 141 Å². The van der Waals surface area contributed by atoms with Gasteiger partial charge in [-0.05, 0) is 46.3 Å². The Hall–Kier alpha value is -1.44. The number of hydrogen-bond donors (Lipinski definition) is 1. The van der Waals surface area contributed by atoms with E-state index in [2.05, 4.69) is 37.2 Å². The summed E-state index contributed by atoms with van der Waals surface area (Å²) < 4.78 is 1.38. The predicted molar refractivity (Wildman–Crippen MR) is 87.9 cm³/mol. The molecule has 1 amide bonds. The molecule has 0 saturated carbocycles. The van der Waals surface area contributed by atoms with Crippen LogP contribution in [0.1, 0.15) is 10.4 Å². The lowest BCUT2D eigenvalue weighted by molar-refractivity contribution is -0.383. The number of nitrogens with one attached hydrogen (secondary N) is 1. The quantitative estimate of drug-likeness (QED) is 0.544. The molecule has 0 aliphatic carbocycles. The molecule has 0 fully saturated rings. The summed E-state index contributed by atoms with van der Waals surface area (Å²) in [5.41, 5.74) is 0.191. The van der Waals surface area contributed by atoms with Crippen LogP contribution in [-0.4, -0.2) is 10.8 Å². The number of hydrogen-bond acceptors (Lipinski definition) is 3. The van der Waals surface area contributed by atoms with Gasteiger partial charge in [-0.25, -0.2) is 0 Å². The normalized spacial score (nSPS) is 10.2. The highest BCUT2D eigenvalue weighted by Gasteiger charge is 2.18. The number of benzene rings is 2. The van der Waals surface area contributed by atoms with Crippen molar-refractivity contribution in [1.82, 2.24) is 0 Å². The molecule has 0 unspecified atom stereocenters. The first-order valence-corrected chi connectivity index (χ1v) is 7.55. The van der Waals surface area contributed by atoms with E-state index in [9.17, 15) is 14.9 Å². The summed E-state index contributed by atoms with van der Waals surface area (Å²) in [5.74, 6) is -0.459. The van der Waals surface area contributed by atoms with Crippen molar-refractivity contribution >= 4 is 60.7 Å². The number of anilines is 1. The third-order valence-electron chi connectivity index (χ3n) is 2.58. The van der Waals surface area contributed by atoms with E-state index in [0.29, 0.717) is 10.0 Å². The summed E-state index contributed by atoms with van der Waals surface area (Å²) in [6.45, 7) is 0. The van der Waals surface area contributed by atoms with E-state index in [1.54, 1.807) is 18.2 Å². The van der Waals surface area contributed by atoms with Crippen molar-refractivity contribution in [2.45, 2.75) is 0 Å². The lowest BCUT2D eigenvalue weighted by Gasteiger charge is -2.08. The van der Waals surface area contributed by atoms with Gasteiger partial charge in [0, 0.05) is 20.0 Å². The van der Waals surface area contributed by atoms with Crippen LogP contribution in [0, 0.1) is 10.1 Å². The molecule has 1 N–H and O–H groups in total. The Balaban J connectivity index is 2.34. The SMILES string of the molecule is O=C(Nc1ccc(Cl)cc1[N+](=O)[O-])c1ccc(Br)cc1Br. The maximum Gasteiger partial charge on any atom is 0.294 e. The first-order valence-electron chi connectivity index (χ1n) is 5.59. The fourth-order valence-electron chi connectivity index (χ4n) is 1.62. The molecule has 0 bridgehead atoms. The number of rotatable bonds is 3. The van der Waals surface area contributed by atoms with Gasteiger partial charge < -0.3 is 5.32 Å². The van der Waals surface area contributed by atoms with Gasteiger partial charge in [0.2, 0.25) is 0 Å². The van der Waals surface area contributed by atoms with Crippen molar-refractivity contribution in [2.24, 2.45) is 0 Å². The van der Waals surface area contributed by atoms with Crippen molar-refractivity contribution in [1.29, 1.82) is 0 Å². The Morgan fingerprint density at radius 1 is 1.19 bits per heavy atom. The Kier molecular flexibility index (Phi) is 4.97. The van der Waals surface area contributed by atoms with E-state index in [1.165, 1.54) is 18.2 Å². The van der Waals surface area contributed by atoms with Crippen molar-refractivity contribution < 1.29 is 9.72 Å². The zero-order chi connectivity index (χ0) is 15.6. The van der Waals surface area contributed by atoms with Crippen LogP contribution >= 0.6 is 43.5 Å². The number of carbonyl (C=O) groups excluding carboxylic acids is 1. The molecule has 5 nitrogen and oxygen atoms in total. The van der Waals surface area contributed by atoms with Gasteiger partial charge in [0.15, 0.2) is 0 Å². The van der Waals surface area contributed by atoms with Crippen LogP contribution in [0.4, 0.5) is 11.4 Å². The molecule has 21 heavy (non-hydrogen) atoms. The fourth-order valence-corrected chi connectivity index (χ4v) is 3.02. The Morgan fingerprint density at radius 3 is 2.52 bits per heavy atom. The molecule has 2 rings (SSSR count). The van der Waals surface area contributed by atoms with Gasteiger partial charge in [-0.3, -0.25) is 14.9 Å². The number of carbonyl (C=O) groups is 1. The van der Waals surface area contributed by atoms with Gasteiger partial charge in [-0.2, -0.15) is 0 Å². The molecule has 0 saturated heterocycles. The van der Waals surface area contributed by atoms with Crippen LogP contribution in [0.3, 0.4) is 0 Å². The molecule has 8 heteroatoms. The van der Waals surface area contributed by atoms with E-state index < -0.39 is 10.8 Å². The van der Waals surface area contributed by atoms with E-state index in [0.717, 1.165) is 4.47 Å². The lowest BCUT2D eigenvalue weighted by Crippen LogP contribution is -2.13. The number of nitrogens with zero attached hydrogens (tertiary/aromatic N) is 1. The van der Waals surface area contributed by atoms with Crippen LogP contribution in [0.15, 0.2) is 45.3 Å². The summed E-state index contributed by atoms with van der Waals surface area (Å²) in [6.07, 6.45) is 0. The standard InChI is InChI=1S/C13H7Br2ClN2O3/c14-7-1-3-9(10(15)5-7)13(19)17-11-4-2-8(16)6-12(11)18(20)21/h1-6H,(H,17,19). The highest BCUT2D eigenvalue weighted by molar-refractivity contribution is 9.11. The largest absolute Gasteiger partial charge is 0.316 e. The summed E-state index contributed by atoms with van der Waals surface area (Å²) >= 11 is 12.3. The molecular formula is C13H7Br2ClN2O3. The van der Waals surface area contributed by atoms with Gasteiger partial charge in [0.25, 0.3) is 11.6 Å². The smallest absolute Gasteiger partial charge is 0.294 e. The summed E-state index contributed by atoms with van der Waals surface area (Å²) in [7, 11) is 0. The molecule has 0 aliphatic heterocycles. The van der Waals surface area contributed by atoms with Gasteiger partial charge in [-0.15, -0.1) is 0 Å². The zero-order valence-electron chi connectivity index (χ0n) is 10.3. The Bertz CT molecular complexity index is 737. The molecule has 2 aromatic rings. The molecular weight excluding hydrogens is 427 g/mol. The van der Waals surface area contributed by atoms with Crippen molar-refractivity contribution in [2.75, 3.05) is 5.32 Å². The minimum absolute atomic E-state index is 0.0872. The molecule has 0 aromatic heterocycles. The zero-order valence-corrected chi connectivity index (χ0v) is 14.2. The minimum Gasteiger partial charge on any atom is -0.316 e. The second-order valence-electron chi connectivity index (χ2n) is 4.00.